The summed E-state index contributed by atoms with van der Waals surface area (Å²) in [6.45, 7) is 2.09. The fourth-order valence-electron chi connectivity index (χ4n) is 2.79. The summed E-state index contributed by atoms with van der Waals surface area (Å²) < 4.78 is 0. The van der Waals surface area contributed by atoms with Crippen molar-refractivity contribution in [2.24, 2.45) is 11.7 Å². The summed E-state index contributed by atoms with van der Waals surface area (Å²) in [5.74, 6) is -1.12. The van der Waals surface area contributed by atoms with Crippen molar-refractivity contribution >= 4 is 11.9 Å². The zero-order valence-corrected chi connectivity index (χ0v) is 11.3. The molecule has 1 saturated carbocycles. The van der Waals surface area contributed by atoms with Crippen LogP contribution in [-0.2, 0) is 9.59 Å². The second-order valence-electron chi connectivity index (χ2n) is 5.39. The van der Waals surface area contributed by atoms with E-state index in [0.29, 0.717) is 6.54 Å². The summed E-state index contributed by atoms with van der Waals surface area (Å²) in [6, 6.07) is 0. The van der Waals surface area contributed by atoms with Gasteiger partial charge in [0, 0.05) is 19.5 Å². The van der Waals surface area contributed by atoms with Crippen LogP contribution in [0.25, 0.3) is 0 Å². The third-order valence-corrected chi connectivity index (χ3v) is 4.08. The quantitative estimate of drug-likeness (QED) is 0.774. The van der Waals surface area contributed by atoms with Gasteiger partial charge in [0.2, 0.25) is 5.91 Å². The van der Waals surface area contributed by atoms with E-state index in [1.54, 1.807) is 18.9 Å². The van der Waals surface area contributed by atoms with Gasteiger partial charge in [0.25, 0.3) is 0 Å². The molecular formula is C13H24N2O3. The van der Waals surface area contributed by atoms with Gasteiger partial charge in [-0.3, -0.25) is 9.59 Å². The Labute approximate surface area is 108 Å². The summed E-state index contributed by atoms with van der Waals surface area (Å²) in [6.07, 6.45) is 4.68. The standard InChI is InChI=1S/C13H24N2O3/c1-10(9-14)12(18)15(2)13(8-11(16)17)6-4-3-5-7-13/h10H,3-9,14H2,1-2H3,(H,16,17). The number of aliphatic carboxylic acids is 1. The van der Waals surface area contributed by atoms with Crippen molar-refractivity contribution in [2.45, 2.75) is 51.0 Å². The highest BCUT2D eigenvalue weighted by Crippen LogP contribution is 2.36. The van der Waals surface area contributed by atoms with Gasteiger partial charge >= 0.3 is 5.97 Å². The van der Waals surface area contributed by atoms with E-state index in [-0.39, 0.29) is 18.2 Å². The van der Waals surface area contributed by atoms with Crippen LogP contribution in [0.2, 0.25) is 0 Å². The first-order valence-electron chi connectivity index (χ1n) is 6.62. The Bertz CT molecular complexity index is 311. The number of hydrogen-bond donors (Lipinski definition) is 2. The van der Waals surface area contributed by atoms with Crippen LogP contribution in [0, 0.1) is 5.92 Å². The maximum atomic E-state index is 12.2. The highest BCUT2D eigenvalue weighted by molar-refractivity contribution is 5.80. The molecule has 3 N–H and O–H groups in total. The Hall–Kier alpha value is -1.10. The largest absolute Gasteiger partial charge is 0.481 e. The Kier molecular flexibility index (Phi) is 5.14. The molecule has 0 bridgehead atoms. The molecule has 0 saturated heterocycles. The van der Waals surface area contributed by atoms with E-state index in [2.05, 4.69) is 0 Å². The first-order chi connectivity index (χ1) is 8.43. The monoisotopic (exact) mass is 256 g/mol. The van der Waals surface area contributed by atoms with Crippen molar-refractivity contribution in [1.82, 2.24) is 4.90 Å². The fourth-order valence-corrected chi connectivity index (χ4v) is 2.79. The van der Waals surface area contributed by atoms with Crippen LogP contribution in [0.1, 0.15) is 45.4 Å². The zero-order valence-electron chi connectivity index (χ0n) is 11.3. The maximum Gasteiger partial charge on any atom is 0.305 e. The van der Waals surface area contributed by atoms with Gasteiger partial charge in [-0.15, -0.1) is 0 Å². The molecule has 1 fully saturated rings. The minimum Gasteiger partial charge on any atom is -0.481 e. The predicted octanol–water partition coefficient (Wildman–Crippen LogP) is 1.22. The van der Waals surface area contributed by atoms with Crippen molar-refractivity contribution in [3.63, 3.8) is 0 Å². The molecule has 0 spiro atoms. The lowest BCUT2D eigenvalue weighted by atomic mass is 9.77. The molecule has 0 heterocycles. The lowest BCUT2D eigenvalue weighted by Gasteiger charge is -2.44. The van der Waals surface area contributed by atoms with Crippen molar-refractivity contribution in [2.75, 3.05) is 13.6 Å². The number of nitrogens with zero attached hydrogens (tertiary/aromatic N) is 1. The van der Waals surface area contributed by atoms with E-state index in [4.69, 9.17) is 10.8 Å². The number of carbonyl (C=O) groups excluding carboxylic acids is 1. The minimum absolute atomic E-state index is 0.0343. The highest BCUT2D eigenvalue weighted by atomic mass is 16.4. The van der Waals surface area contributed by atoms with Crippen LogP contribution in [-0.4, -0.2) is 41.0 Å². The van der Waals surface area contributed by atoms with E-state index in [1.807, 2.05) is 0 Å². The van der Waals surface area contributed by atoms with Gasteiger partial charge in [-0.2, -0.15) is 0 Å². The average molecular weight is 256 g/mol. The van der Waals surface area contributed by atoms with E-state index < -0.39 is 11.5 Å². The van der Waals surface area contributed by atoms with E-state index >= 15 is 0 Å². The Morgan fingerprint density at radius 1 is 1.33 bits per heavy atom. The average Bonchev–Trinajstić information content (AvgIpc) is 2.36. The van der Waals surface area contributed by atoms with Crippen molar-refractivity contribution in [3.05, 3.63) is 0 Å². The van der Waals surface area contributed by atoms with E-state index in [1.165, 1.54) is 0 Å². The van der Waals surface area contributed by atoms with Crippen molar-refractivity contribution in [3.8, 4) is 0 Å². The minimum atomic E-state index is -0.836. The Morgan fingerprint density at radius 2 is 1.89 bits per heavy atom. The van der Waals surface area contributed by atoms with Gasteiger partial charge in [-0.25, -0.2) is 0 Å². The molecular weight excluding hydrogens is 232 g/mol. The number of nitrogens with two attached hydrogens (primary N) is 1. The molecule has 1 aliphatic carbocycles. The Balaban J connectivity index is 2.88. The molecule has 5 heteroatoms. The molecule has 0 radical (unpaired) electrons. The number of carboxylic acids is 1. The van der Waals surface area contributed by atoms with Gasteiger partial charge in [0.05, 0.1) is 12.0 Å². The number of carbonyl (C=O) groups is 2. The van der Waals surface area contributed by atoms with Crippen LogP contribution < -0.4 is 5.73 Å². The van der Waals surface area contributed by atoms with Gasteiger partial charge in [-0.1, -0.05) is 26.2 Å². The lowest BCUT2D eigenvalue weighted by Crippen LogP contribution is -2.54. The molecule has 5 nitrogen and oxygen atoms in total. The first kappa shape index (κ1) is 15.0. The van der Waals surface area contributed by atoms with Crippen LogP contribution in [0.3, 0.4) is 0 Å². The number of carboxylic acid groups (broad SMARTS) is 1. The summed E-state index contributed by atoms with van der Waals surface area (Å²) >= 11 is 0. The van der Waals surface area contributed by atoms with Gasteiger partial charge in [-0.05, 0) is 12.8 Å². The molecule has 1 amide bonds. The smallest absolute Gasteiger partial charge is 0.305 e. The molecule has 1 unspecified atom stereocenters. The van der Waals surface area contributed by atoms with Gasteiger partial charge in [0.1, 0.15) is 0 Å². The van der Waals surface area contributed by atoms with Crippen LogP contribution in [0.4, 0.5) is 0 Å². The second-order valence-corrected chi connectivity index (χ2v) is 5.39. The first-order valence-corrected chi connectivity index (χ1v) is 6.62. The van der Waals surface area contributed by atoms with Crippen molar-refractivity contribution in [1.29, 1.82) is 0 Å². The molecule has 1 aliphatic rings. The van der Waals surface area contributed by atoms with Crippen LogP contribution in [0.5, 0.6) is 0 Å². The molecule has 18 heavy (non-hydrogen) atoms. The normalized spacial score (nSPS) is 20.2. The van der Waals surface area contributed by atoms with Gasteiger partial charge < -0.3 is 15.7 Å². The van der Waals surface area contributed by atoms with Crippen molar-refractivity contribution < 1.29 is 14.7 Å². The SMILES string of the molecule is CC(CN)C(=O)N(C)C1(CC(=O)O)CCCCC1. The molecule has 1 atom stereocenters. The fraction of sp³-hybridized carbons (Fsp3) is 0.846. The number of rotatable bonds is 5. The molecule has 0 aromatic rings. The molecule has 0 aliphatic heterocycles. The third-order valence-electron chi connectivity index (χ3n) is 4.08. The summed E-state index contributed by atoms with van der Waals surface area (Å²) in [5.41, 5.74) is 5.01. The van der Waals surface area contributed by atoms with E-state index in [0.717, 1.165) is 32.1 Å². The zero-order chi connectivity index (χ0) is 13.8. The number of hydrogen-bond acceptors (Lipinski definition) is 3. The van der Waals surface area contributed by atoms with Gasteiger partial charge in [0.15, 0.2) is 0 Å². The highest BCUT2D eigenvalue weighted by Gasteiger charge is 2.41. The van der Waals surface area contributed by atoms with Crippen LogP contribution in [0.15, 0.2) is 0 Å². The molecule has 104 valence electrons. The molecule has 0 aromatic carbocycles. The summed E-state index contributed by atoms with van der Waals surface area (Å²) in [7, 11) is 1.72. The topological polar surface area (TPSA) is 83.6 Å². The maximum absolute atomic E-state index is 12.2. The van der Waals surface area contributed by atoms with E-state index in [9.17, 15) is 9.59 Å². The third kappa shape index (κ3) is 3.22. The lowest BCUT2D eigenvalue weighted by molar-refractivity contribution is -0.147. The molecule has 0 aromatic heterocycles. The predicted molar refractivity (Wildman–Crippen MR) is 69.1 cm³/mol. The second kappa shape index (κ2) is 6.18. The van der Waals surface area contributed by atoms with Crippen LogP contribution >= 0.6 is 0 Å². The number of amides is 1. The summed E-state index contributed by atoms with van der Waals surface area (Å²) in [5, 5.41) is 9.09. The summed E-state index contributed by atoms with van der Waals surface area (Å²) in [4.78, 5) is 24.9. The Morgan fingerprint density at radius 3 is 2.33 bits per heavy atom. The molecule has 1 rings (SSSR count).